The summed E-state index contributed by atoms with van der Waals surface area (Å²) in [5.41, 5.74) is 8.15. The van der Waals surface area contributed by atoms with Gasteiger partial charge in [0.15, 0.2) is 0 Å². The van der Waals surface area contributed by atoms with Crippen molar-refractivity contribution in [1.29, 1.82) is 0 Å². The molecule has 10 fully saturated rings. The second-order valence-corrected chi connectivity index (χ2v) is 33.9. The molecule has 0 aromatic heterocycles. The topological polar surface area (TPSA) is 152 Å². The lowest BCUT2D eigenvalue weighted by molar-refractivity contribution is -0.0802. The minimum atomic E-state index is -3.18. The zero-order valence-corrected chi connectivity index (χ0v) is 52.2. The number of carbonyl (C=O) groups excluding carboxylic acids is 1. The molecule has 1 aromatic carbocycles. The highest BCUT2D eigenvalue weighted by Gasteiger charge is 2.63. The maximum atomic E-state index is 13.6. The number of hydrogen-bond donors (Lipinski definition) is 3. The summed E-state index contributed by atoms with van der Waals surface area (Å²) < 4.78 is 73.6. The van der Waals surface area contributed by atoms with Crippen LogP contribution < -0.4 is 14.8 Å². The molecule has 2 spiro atoms. The average molecular weight is 1140 g/mol. The van der Waals surface area contributed by atoms with E-state index in [1.54, 1.807) is 16.7 Å². The summed E-state index contributed by atoms with van der Waals surface area (Å²) in [6.07, 6.45) is 25.7. The lowest BCUT2D eigenvalue weighted by atomic mass is 9.52. The normalized spacial score (nSPS) is 46.9. The molecule has 14 heteroatoms. The molecule has 12 nitrogen and oxygen atoms in total. The quantitative estimate of drug-likeness (QED) is 0.236. The molecule has 12 aliphatic rings. The number of nitrogens with zero attached hydrogens (tertiary/aromatic N) is 1. The number of ether oxygens (including phenoxy) is 3. The van der Waals surface area contributed by atoms with Gasteiger partial charge in [0, 0.05) is 36.5 Å². The van der Waals surface area contributed by atoms with Crippen molar-refractivity contribution < 1.29 is 35.8 Å². The number of hydrogen-bond acceptors (Lipinski definition) is 9. The highest BCUT2D eigenvalue weighted by atomic mass is 32.2. The smallest absolute Gasteiger partial charge is 0.410 e. The first-order valence-corrected chi connectivity index (χ1v) is 36.0. The van der Waals surface area contributed by atoms with E-state index in [1.807, 2.05) is 35.2 Å². The first-order chi connectivity index (χ1) is 37.9. The molecule has 1 aromatic rings. The molecule has 3 N–H and O–H groups in total. The summed E-state index contributed by atoms with van der Waals surface area (Å²) in [5, 5.41) is 3.85. The third-order valence-electron chi connectivity index (χ3n) is 25.6. The van der Waals surface area contributed by atoms with Gasteiger partial charge in [-0.3, -0.25) is 0 Å². The first-order valence-electron chi connectivity index (χ1n) is 32.2. The molecule has 6 saturated carbocycles. The Morgan fingerprint density at radius 1 is 0.662 bits per heavy atom. The standard InChI is InChI=1S/C37H54N2O5S.C29H48N2O3S/c1-23-17-33-34(39(21-23)35(40)43-22-26-9-7-6-8-10-26)25(3)37(44-33)16-14-29-30-12-11-27-18-28(38-45(5,41)42)13-15-36(27,4)32(30)19-31(29)24(2)20-37;1-17-12-26-27(30-16-17)19(3)29(34-26)11-9-22-23-7-6-20-13-21(31-35(5,32)33)8-10-28(20,4)25(23)14-24(22)18(2)15-29/h6-10,23,25,27-30,32-34,38H,11-22H2,1-5H3;17,19-23,25-27,30-31H,6-16H2,1-5H3/t23-,25+,27+,28+,29-,30-,32-,33+,34-,36-,37-;17-,19+,20+,21+,22-,23-,25-,26+,27-,28-,29-/m00/s1. The Balaban J connectivity index is 0.000000164. The van der Waals surface area contributed by atoms with Gasteiger partial charge in [0.2, 0.25) is 20.0 Å². The average Bonchev–Trinajstić information content (AvgIpc) is 2.82. The molecule has 13 rings (SSSR count). The van der Waals surface area contributed by atoms with Gasteiger partial charge in [-0.25, -0.2) is 31.1 Å². The predicted molar refractivity (Wildman–Crippen MR) is 316 cm³/mol. The molecule has 1 amide bonds. The molecule has 22 atom stereocenters. The van der Waals surface area contributed by atoms with Crippen LogP contribution in [0.2, 0.25) is 0 Å². The van der Waals surface area contributed by atoms with Gasteiger partial charge in [0.05, 0.1) is 42.0 Å². The number of sulfonamides is 2. The van der Waals surface area contributed by atoms with E-state index < -0.39 is 20.0 Å². The number of piperidine rings is 2. The summed E-state index contributed by atoms with van der Waals surface area (Å²) >= 11 is 0. The molecule has 8 aliphatic carbocycles. The van der Waals surface area contributed by atoms with Gasteiger partial charge in [-0.15, -0.1) is 0 Å². The van der Waals surface area contributed by atoms with Crippen LogP contribution in [0.4, 0.5) is 4.79 Å². The fraction of sp³-hybridized carbons (Fsp3) is 0.833. The Labute approximate surface area is 482 Å². The lowest BCUT2D eigenvalue weighted by Gasteiger charge is -2.54. The van der Waals surface area contributed by atoms with Crippen LogP contribution in [-0.2, 0) is 40.9 Å². The second kappa shape index (κ2) is 21.6. The summed E-state index contributed by atoms with van der Waals surface area (Å²) in [6.45, 7) is 21.5. The minimum Gasteiger partial charge on any atom is -0.445 e. The number of carbonyl (C=O) groups is 1. The number of benzene rings is 1. The van der Waals surface area contributed by atoms with Crippen molar-refractivity contribution in [2.24, 2.45) is 81.8 Å². The Kier molecular flexibility index (Phi) is 15.7. The van der Waals surface area contributed by atoms with Gasteiger partial charge < -0.3 is 24.4 Å². The maximum Gasteiger partial charge on any atom is 0.410 e. The van der Waals surface area contributed by atoms with E-state index in [0.717, 1.165) is 94.2 Å². The number of allylic oxidation sites excluding steroid dienone is 2. The van der Waals surface area contributed by atoms with Crippen molar-refractivity contribution >= 4 is 26.1 Å². The number of fused-ring (bicyclic) bond motifs is 12. The fourth-order valence-corrected chi connectivity index (χ4v) is 23.3. The van der Waals surface area contributed by atoms with E-state index in [4.69, 9.17) is 14.2 Å². The van der Waals surface area contributed by atoms with Crippen molar-refractivity contribution in [3.63, 3.8) is 0 Å². The summed E-state index contributed by atoms with van der Waals surface area (Å²) in [4.78, 5) is 15.6. The molecular weight excluding hydrogens is 1040 g/mol. The van der Waals surface area contributed by atoms with E-state index in [-0.39, 0.29) is 47.4 Å². The van der Waals surface area contributed by atoms with Gasteiger partial charge in [0.1, 0.15) is 6.61 Å². The summed E-state index contributed by atoms with van der Waals surface area (Å²) in [6, 6.07) is 10.8. The molecule has 0 radical (unpaired) electrons. The van der Waals surface area contributed by atoms with Crippen LogP contribution in [0.25, 0.3) is 0 Å². The molecule has 446 valence electrons. The molecular formula is C66H102N4O8S2. The van der Waals surface area contributed by atoms with E-state index in [1.165, 1.54) is 88.7 Å². The Morgan fingerprint density at radius 2 is 1.18 bits per heavy atom. The number of rotatable bonds is 6. The monoisotopic (exact) mass is 1140 g/mol. The van der Waals surface area contributed by atoms with E-state index in [9.17, 15) is 21.6 Å². The van der Waals surface area contributed by atoms with Crippen molar-refractivity contribution in [2.75, 3.05) is 25.6 Å². The van der Waals surface area contributed by atoms with E-state index >= 15 is 0 Å². The molecule has 4 saturated heterocycles. The first kappa shape index (κ1) is 58.1. The SMILES string of the molecule is CC1=C2C[C@H]3[C@@H](CC[C@@H]4C[C@H](NS(C)(=O)=O)CC[C@@]43C)[C@@H]2CC[C@@]2(C1)O[C@@H]1C[C@H](C)CN(C(=O)OCc3ccccc3)[C@H]1[C@H]2C.CC1=C2C[C@H]3[C@@H](CC[C@@H]4C[C@H](NS(C)(=O)=O)CC[C@@]43C)[C@@H]2CC[C@@]2(C1)O[C@@H]1C[C@H](C)CN[C@H]1[C@H]2C. The third kappa shape index (κ3) is 10.6. The van der Waals surface area contributed by atoms with Crippen molar-refractivity contribution in [3.8, 4) is 0 Å². The number of nitrogens with one attached hydrogen (secondary N) is 3. The van der Waals surface area contributed by atoms with Gasteiger partial charge >= 0.3 is 6.09 Å². The van der Waals surface area contributed by atoms with Gasteiger partial charge in [-0.05, 0) is 224 Å². The van der Waals surface area contributed by atoms with Crippen LogP contribution in [0.15, 0.2) is 52.6 Å². The Morgan fingerprint density at radius 3 is 1.71 bits per heavy atom. The van der Waals surface area contributed by atoms with Gasteiger partial charge in [0.25, 0.3) is 0 Å². The third-order valence-corrected chi connectivity index (χ3v) is 27.1. The van der Waals surface area contributed by atoms with E-state index in [2.05, 4.69) is 70.2 Å². The highest BCUT2D eigenvalue weighted by Crippen LogP contribution is 2.67. The Bertz CT molecular complexity index is 2790. The van der Waals surface area contributed by atoms with Crippen LogP contribution in [0.3, 0.4) is 0 Å². The molecule has 80 heavy (non-hydrogen) atoms. The summed E-state index contributed by atoms with van der Waals surface area (Å²) in [5.74, 6) is 7.53. The zero-order valence-electron chi connectivity index (χ0n) is 50.6. The van der Waals surface area contributed by atoms with Crippen LogP contribution in [-0.4, -0.2) is 101 Å². The number of likely N-dealkylation sites (tertiary alicyclic amines) is 1. The van der Waals surface area contributed by atoms with Crippen molar-refractivity contribution in [1.82, 2.24) is 19.7 Å². The summed E-state index contributed by atoms with van der Waals surface area (Å²) in [7, 11) is -6.30. The Hall–Kier alpha value is -2.33. The van der Waals surface area contributed by atoms with E-state index in [0.29, 0.717) is 76.9 Å². The zero-order chi connectivity index (χ0) is 56.5. The maximum absolute atomic E-state index is 13.6. The largest absolute Gasteiger partial charge is 0.445 e. The number of amides is 1. The predicted octanol–water partition coefficient (Wildman–Crippen LogP) is 12.1. The molecule has 0 bridgehead atoms. The molecule has 4 heterocycles. The molecule has 4 aliphatic heterocycles. The van der Waals surface area contributed by atoms with Crippen LogP contribution in [0, 0.1) is 81.8 Å². The van der Waals surface area contributed by atoms with Crippen LogP contribution in [0.1, 0.15) is 189 Å². The molecule has 0 unspecified atom stereocenters. The second-order valence-electron chi connectivity index (χ2n) is 30.3. The van der Waals surface area contributed by atoms with Crippen molar-refractivity contribution in [3.05, 3.63) is 58.2 Å². The lowest BCUT2D eigenvalue weighted by Crippen LogP contribution is -2.54. The van der Waals surface area contributed by atoms with Crippen LogP contribution in [0.5, 0.6) is 0 Å². The highest BCUT2D eigenvalue weighted by molar-refractivity contribution is 7.89. The van der Waals surface area contributed by atoms with Gasteiger partial charge in [-0.1, -0.05) is 94.2 Å². The van der Waals surface area contributed by atoms with Crippen molar-refractivity contribution in [2.45, 2.75) is 238 Å². The van der Waals surface area contributed by atoms with Crippen LogP contribution >= 0.6 is 0 Å². The minimum absolute atomic E-state index is 0.0276. The fourth-order valence-electron chi connectivity index (χ4n) is 21.7. The van der Waals surface area contributed by atoms with Gasteiger partial charge in [-0.2, -0.15) is 0 Å².